The molecule has 0 amide bonds. The van der Waals surface area contributed by atoms with E-state index in [9.17, 15) is 8.42 Å². The van der Waals surface area contributed by atoms with E-state index in [1.54, 1.807) is 7.05 Å². The fourth-order valence-corrected chi connectivity index (χ4v) is 4.28. The predicted molar refractivity (Wildman–Crippen MR) is 77.0 cm³/mol. The largest absolute Gasteiger partial charge is 0.254 e. The van der Waals surface area contributed by atoms with Gasteiger partial charge in [-0.05, 0) is 18.1 Å². The number of halogens is 1. The summed E-state index contributed by atoms with van der Waals surface area (Å²) < 4.78 is 26.3. The zero-order valence-corrected chi connectivity index (χ0v) is 12.9. The van der Waals surface area contributed by atoms with E-state index in [4.69, 9.17) is 11.6 Å². The Morgan fingerprint density at radius 1 is 1.37 bits per heavy atom. The number of hydrogen-bond acceptors (Lipinski definition) is 4. The Morgan fingerprint density at radius 3 is 2.63 bits per heavy atom. The molecule has 102 valence electrons. The van der Waals surface area contributed by atoms with Crippen molar-refractivity contribution < 1.29 is 8.42 Å². The van der Waals surface area contributed by atoms with E-state index in [-0.39, 0.29) is 8.68 Å². The minimum atomic E-state index is -3.53. The molecular weight excluding hydrogens is 304 g/mol. The van der Waals surface area contributed by atoms with Crippen LogP contribution in [0.2, 0.25) is 4.47 Å². The highest BCUT2D eigenvalue weighted by atomic mass is 35.5. The molecule has 0 saturated carbocycles. The van der Waals surface area contributed by atoms with Crippen LogP contribution in [0.5, 0.6) is 0 Å². The lowest BCUT2D eigenvalue weighted by molar-refractivity contribution is 0.467. The van der Waals surface area contributed by atoms with Gasteiger partial charge in [-0.1, -0.05) is 47.2 Å². The van der Waals surface area contributed by atoms with Gasteiger partial charge in [0.05, 0.1) is 6.20 Å². The Hall–Kier alpha value is -0.950. The number of aryl methyl sites for hydroxylation is 1. The van der Waals surface area contributed by atoms with Crippen LogP contribution < -0.4 is 0 Å². The standard InChI is InChI=1S/C12H13ClN2O2S2/c1-9-5-3-4-6-10(9)8-15(2)19(16,17)11-7-14-12(13)18-11/h3-7H,8H2,1-2H3. The van der Waals surface area contributed by atoms with Crippen LogP contribution >= 0.6 is 22.9 Å². The molecule has 0 unspecified atom stereocenters. The van der Waals surface area contributed by atoms with Gasteiger partial charge < -0.3 is 0 Å². The van der Waals surface area contributed by atoms with Gasteiger partial charge >= 0.3 is 0 Å². The number of rotatable bonds is 4. The van der Waals surface area contributed by atoms with Crippen molar-refractivity contribution >= 4 is 33.0 Å². The quantitative estimate of drug-likeness (QED) is 0.871. The molecule has 0 atom stereocenters. The maximum Gasteiger partial charge on any atom is 0.254 e. The smallest absolute Gasteiger partial charge is 0.232 e. The van der Waals surface area contributed by atoms with E-state index < -0.39 is 10.0 Å². The summed E-state index contributed by atoms with van der Waals surface area (Å²) in [4.78, 5) is 3.77. The molecule has 0 aliphatic rings. The minimum Gasteiger partial charge on any atom is -0.232 e. The predicted octanol–water partition coefficient (Wildman–Crippen LogP) is 2.93. The molecular formula is C12H13ClN2O2S2. The van der Waals surface area contributed by atoms with Gasteiger partial charge in [-0.2, -0.15) is 4.31 Å². The van der Waals surface area contributed by atoms with Gasteiger partial charge in [0.15, 0.2) is 8.68 Å². The molecule has 7 heteroatoms. The van der Waals surface area contributed by atoms with E-state index in [2.05, 4.69) is 4.98 Å². The maximum atomic E-state index is 12.3. The molecule has 4 nitrogen and oxygen atoms in total. The Bertz CT molecular complexity index is 683. The second-order valence-corrected chi connectivity index (χ2v) is 8.00. The third-order valence-corrected chi connectivity index (χ3v) is 6.13. The SMILES string of the molecule is Cc1ccccc1CN(C)S(=O)(=O)c1cnc(Cl)s1. The molecule has 2 aromatic rings. The lowest BCUT2D eigenvalue weighted by atomic mass is 10.1. The topological polar surface area (TPSA) is 50.3 Å². The number of aromatic nitrogens is 1. The maximum absolute atomic E-state index is 12.3. The Kier molecular flexibility index (Phi) is 4.25. The second-order valence-electron chi connectivity index (χ2n) is 4.12. The van der Waals surface area contributed by atoms with Gasteiger partial charge in [-0.15, -0.1) is 0 Å². The first-order valence-electron chi connectivity index (χ1n) is 5.53. The van der Waals surface area contributed by atoms with Crippen LogP contribution in [0.25, 0.3) is 0 Å². The van der Waals surface area contributed by atoms with Gasteiger partial charge in [0, 0.05) is 13.6 Å². The lowest BCUT2D eigenvalue weighted by Crippen LogP contribution is -2.26. The summed E-state index contributed by atoms with van der Waals surface area (Å²) in [6.07, 6.45) is 1.29. The number of hydrogen-bond donors (Lipinski definition) is 0. The molecule has 19 heavy (non-hydrogen) atoms. The summed E-state index contributed by atoms with van der Waals surface area (Å²) in [5, 5.41) is 0. The zero-order valence-electron chi connectivity index (χ0n) is 10.5. The first-order chi connectivity index (χ1) is 8.91. The van der Waals surface area contributed by atoms with Crippen LogP contribution in [0.15, 0.2) is 34.7 Å². The normalized spacial score (nSPS) is 12.0. The summed E-state index contributed by atoms with van der Waals surface area (Å²) in [7, 11) is -1.98. The van der Waals surface area contributed by atoms with Crippen molar-refractivity contribution in [3.63, 3.8) is 0 Å². The summed E-state index contributed by atoms with van der Waals surface area (Å²) in [5.74, 6) is 0. The highest BCUT2D eigenvalue weighted by Crippen LogP contribution is 2.26. The van der Waals surface area contributed by atoms with E-state index in [1.165, 1.54) is 10.5 Å². The average Bonchev–Trinajstić information content (AvgIpc) is 2.79. The van der Waals surface area contributed by atoms with Gasteiger partial charge in [0.2, 0.25) is 0 Å². The number of benzene rings is 1. The van der Waals surface area contributed by atoms with Gasteiger partial charge in [-0.3, -0.25) is 0 Å². The molecule has 1 aromatic carbocycles. The third-order valence-electron chi connectivity index (χ3n) is 2.78. The first kappa shape index (κ1) is 14.5. The molecule has 2 rings (SSSR count). The molecule has 0 N–H and O–H groups in total. The molecule has 0 aliphatic carbocycles. The van der Waals surface area contributed by atoms with Crippen LogP contribution in [0.4, 0.5) is 0 Å². The molecule has 0 spiro atoms. The van der Waals surface area contributed by atoms with Crippen molar-refractivity contribution in [2.24, 2.45) is 0 Å². The fraction of sp³-hybridized carbons (Fsp3) is 0.250. The fourth-order valence-electron chi connectivity index (χ4n) is 1.62. The lowest BCUT2D eigenvalue weighted by Gasteiger charge is -2.17. The monoisotopic (exact) mass is 316 g/mol. The molecule has 1 aromatic heterocycles. The highest BCUT2D eigenvalue weighted by molar-refractivity contribution is 7.91. The average molecular weight is 317 g/mol. The number of nitrogens with zero attached hydrogens (tertiary/aromatic N) is 2. The van der Waals surface area contributed by atoms with Crippen molar-refractivity contribution in [2.45, 2.75) is 17.7 Å². The third kappa shape index (κ3) is 3.14. The first-order valence-corrected chi connectivity index (χ1v) is 8.17. The van der Waals surface area contributed by atoms with Crippen LogP contribution in [0.1, 0.15) is 11.1 Å². The molecule has 1 heterocycles. The highest BCUT2D eigenvalue weighted by Gasteiger charge is 2.23. The molecule has 0 aliphatic heterocycles. The molecule has 0 radical (unpaired) electrons. The van der Waals surface area contributed by atoms with Crippen molar-refractivity contribution in [3.05, 3.63) is 46.1 Å². The second kappa shape index (κ2) is 5.58. The van der Waals surface area contributed by atoms with Crippen LogP contribution in [-0.2, 0) is 16.6 Å². The summed E-state index contributed by atoms with van der Waals surface area (Å²) in [6.45, 7) is 2.28. The summed E-state index contributed by atoms with van der Waals surface area (Å²) >= 11 is 6.64. The van der Waals surface area contributed by atoms with Crippen molar-refractivity contribution in [2.75, 3.05) is 7.05 Å². The van der Waals surface area contributed by atoms with Crippen LogP contribution in [0.3, 0.4) is 0 Å². The van der Waals surface area contributed by atoms with Gasteiger partial charge in [-0.25, -0.2) is 13.4 Å². The summed E-state index contributed by atoms with van der Waals surface area (Å²) in [5.41, 5.74) is 2.04. The van der Waals surface area contributed by atoms with E-state index in [0.717, 1.165) is 22.5 Å². The van der Waals surface area contributed by atoms with Gasteiger partial charge in [0.25, 0.3) is 10.0 Å². The van der Waals surface area contributed by atoms with Crippen LogP contribution in [-0.4, -0.2) is 24.8 Å². The minimum absolute atomic E-state index is 0.161. The molecule has 0 saturated heterocycles. The van der Waals surface area contributed by atoms with E-state index in [0.29, 0.717) is 6.54 Å². The van der Waals surface area contributed by atoms with E-state index >= 15 is 0 Å². The van der Waals surface area contributed by atoms with E-state index in [1.807, 2.05) is 31.2 Å². The summed E-state index contributed by atoms with van der Waals surface area (Å²) in [6, 6.07) is 7.70. The van der Waals surface area contributed by atoms with Crippen molar-refractivity contribution in [3.8, 4) is 0 Å². The van der Waals surface area contributed by atoms with Crippen LogP contribution in [0, 0.1) is 6.92 Å². The van der Waals surface area contributed by atoms with Crippen molar-refractivity contribution in [1.82, 2.24) is 9.29 Å². The van der Waals surface area contributed by atoms with Gasteiger partial charge in [0.1, 0.15) is 0 Å². The Balaban J connectivity index is 2.25. The molecule has 0 fully saturated rings. The zero-order chi connectivity index (χ0) is 14.0. The van der Waals surface area contributed by atoms with Crippen molar-refractivity contribution in [1.29, 1.82) is 0 Å². The number of sulfonamides is 1. The molecule has 0 bridgehead atoms. The Labute approximate surface area is 121 Å². The Morgan fingerprint density at radius 2 is 2.05 bits per heavy atom. The number of thiazole rings is 1.